The summed E-state index contributed by atoms with van der Waals surface area (Å²) in [5.41, 5.74) is 11.4. The van der Waals surface area contributed by atoms with Crippen molar-refractivity contribution >= 4 is 11.6 Å². The molecule has 0 heterocycles. The molecule has 1 amide bonds. The molecule has 82 valence electrons. The number of hydrogen-bond acceptors (Lipinski definition) is 4. The number of amides is 1. The number of carbonyl (C=O) groups is 1. The van der Waals surface area contributed by atoms with Crippen molar-refractivity contribution in [1.82, 2.24) is 0 Å². The Bertz CT molecular complexity index is 341. The van der Waals surface area contributed by atoms with Crippen molar-refractivity contribution in [2.45, 2.75) is 6.04 Å². The second kappa shape index (κ2) is 5.33. The van der Waals surface area contributed by atoms with E-state index in [-0.39, 0.29) is 12.5 Å². The summed E-state index contributed by atoms with van der Waals surface area (Å²) < 4.78 is 5.02. The van der Waals surface area contributed by atoms with E-state index >= 15 is 0 Å². The molecule has 0 aromatic heterocycles. The molecular weight excluding hydrogens is 194 g/mol. The van der Waals surface area contributed by atoms with Crippen LogP contribution >= 0.6 is 0 Å². The number of rotatable bonds is 4. The molecule has 15 heavy (non-hydrogen) atoms. The van der Waals surface area contributed by atoms with Crippen molar-refractivity contribution in [2.24, 2.45) is 11.5 Å². The standard InChI is InChI=1S/C10H15N3O2/c1-15-8-4-2-3-7(5-8)13-10(14)9(12)6-11/h2-5,9H,6,11-12H2,1H3,(H,13,14). The van der Waals surface area contributed by atoms with Crippen molar-refractivity contribution < 1.29 is 9.53 Å². The Morgan fingerprint density at radius 1 is 1.60 bits per heavy atom. The van der Waals surface area contributed by atoms with Gasteiger partial charge in [0.05, 0.1) is 13.2 Å². The van der Waals surface area contributed by atoms with Gasteiger partial charge in [-0.2, -0.15) is 0 Å². The summed E-state index contributed by atoms with van der Waals surface area (Å²) in [4.78, 5) is 11.4. The van der Waals surface area contributed by atoms with Gasteiger partial charge in [0, 0.05) is 18.3 Å². The first-order valence-corrected chi connectivity index (χ1v) is 4.58. The first-order chi connectivity index (χ1) is 7.17. The average molecular weight is 209 g/mol. The van der Waals surface area contributed by atoms with E-state index in [1.54, 1.807) is 31.4 Å². The van der Waals surface area contributed by atoms with Gasteiger partial charge in [-0.05, 0) is 12.1 Å². The van der Waals surface area contributed by atoms with Gasteiger partial charge in [-0.3, -0.25) is 4.79 Å². The third-order valence-electron chi connectivity index (χ3n) is 1.93. The topological polar surface area (TPSA) is 90.4 Å². The zero-order chi connectivity index (χ0) is 11.3. The number of nitrogens with two attached hydrogens (primary N) is 2. The third-order valence-corrected chi connectivity index (χ3v) is 1.93. The minimum atomic E-state index is -0.684. The van der Waals surface area contributed by atoms with Crippen LogP contribution in [0.5, 0.6) is 5.75 Å². The van der Waals surface area contributed by atoms with Crippen LogP contribution in [0.3, 0.4) is 0 Å². The Morgan fingerprint density at radius 2 is 2.33 bits per heavy atom. The highest BCUT2D eigenvalue weighted by Gasteiger charge is 2.11. The zero-order valence-corrected chi connectivity index (χ0v) is 8.57. The molecule has 0 aliphatic rings. The Labute approximate surface area is 88.4 Å². The zero-order valence-electron chi connectivity index (χ0n) is 8.57. The molecule has 0 fully saturated rings. The van der Waals surface area contributed by atoms with E-state index in [1.807, 2.05) is 0 Å². The van der Waals surface area contributed by atoms with Crippen LogP contribution in [0.1, 0.15) is 0 Å². The molecule has 0 bridgehead atoms. The molecule has 1 aromatic carbocycles. The van der Waals surface area contributed by atoms with Gasteiger partial charge in [-0.25, -0.2) is 0 Å². The van der Waals surface area contributed by atoms with Crippen molar-refractivity contribution in [3.05, 3.63) is 24.3 Å². The number of carbonyl (C=O) groups excluding carboxylic acids is 1. The molecule has 1 unspecified atom stereocenters. The van der Waals surface area contributed by atoms with Crippen molar-refractivity contribution in [1.29, 1.82) is 0 Å². The van der Waals surface area contributed by atoms with Gasteiger partial charge in [0.2, 0.25) is 5.91 Å². The molecule has 0 aliphatic heterocycles. The predicted octanol–water partition coefficient (Wildman–Crippen LogP) is -0.0803. The first-order valence-electron chi connectivity index (χ1n) is 4.58. The van der Waals surface area contributed by atoms with Gasteiger partial charge in [0.15, 0.2) is 0 Å². The highest BCUT2D eigenvalue weighted by Crippen LogP contribution is 2.16. The lowest BCUT2D eigenvalue weighted by Gasteiger charge is -2.10. The van der Waals surface area contributed by atoms with Crippen LogP contribution in [0.4, 0.5) is 5.69 Å². The van der Waals surface area contributed by atoms with Crippen molar-refractivity contribution in [3.63, 3.8) is 0 Å². The summed E-state index contributed by atoms with van der Waals surface area (Å²) in [7, 11) is 1.56. The number of hydrogen-bond donors (Lipinski definition) is 3. The fourth-order valence-corrected chi connectivity index (χ4v) is 1.04. The summed E-state index contributed by atoms with van der Waals surface area (Å²) in [6.45, 7) is 0.121. The maximum absolute atomic E-state index is 11.4. The molecule has 1 atom stereocenters. The van der Waals surface area contributed by atoms with Crippen LogP contribution in [-0.4, -0.2) is 25.6 Å². The van der Waals surface area contributed by atoms with Gasteiger partial charge >= 0.3 is 0 Å². The third kappa shape index (κ3) is 3.23. The van der Waals surface area contributed by atoms with Crippen LogP contribution in [0.2, 0.25) is 0 Å². The SMILES string of the molecule is COc1cccc(NC(=O)C(N)CN)c1. The fourth-order valence-electron chi connectivity index (χ4n) is 1.04. The Morgan fingerprint density at radius 3 is 2.93 bits per heavy atom. The predicted molar refractivity (Wildman–Crippen MR) is 58.7 cm³/mol. The summed E-state index contributed by atoms with van der Waals surface area (Å²) >= 11 is 0. The molecule has 5 nitrogen and oxygen atoms in total. The van der Waals surface area contributed by atoms with E-state index in [0.29, 0.717) is 11.4 Å². The lowest BCUT2D eigenvalue weighted by molar-refractivity contribution is -0.117. The van der Waals surface area contributed by atoms with Crippen LogP contribution in [-0.2, 0) is 4.79 Å². The Balaban J connectivity index is 2.68. The summed E-state index contributed by atoms with van der Waals surface area (Å²) in [6, 6.07) is 6.35. The number of benzene rings is 1. The molecule has 0 spiro atoms. The molecule has 1 rings (SSSR count). The smallest absolute Gasteiger partial charge is 0.242 e. The number of anilines is 1. The largest absolute Gasteiger partial charge is 0.497 e. The van der Waals surface area contributed by atoms with E-state index in [4.69, 9.17) is 16.2 Å². The molecule has 0 aliphatic carbocycles. The van der Waals surface area contributed by atoms with Crippen LogP contribution < -0.4 is 21.5 Å². The quantitative estimate of drug-likeness (QED) is 0.647. The highest BCUT2D eigenvalue weighted by atomic mass is 16.5. The first kappa shape index (κ1) is 11.5. The van der Waals surface area contributed by atoms with E-state index < -0.39 is 6.04 Å². The fraction of sp³-hybridized carbons (Fsp3) is 0.300. The van der Waals surface area contributed by atoms with E-state index in [2.05, 4.69) is 5.32 Å². The summed E-state index contributed by atoms with van der Waals surface area (Å²) in [6.07, 6.45) is 0. The monoisotopic (exact) mass is 209 g/mol. The van der Waals surface area contributed by atoms with Gasteiger partial charge in [-0.1, -0.05) is 6.07 Å². The second-order valence-electron chi connectivity index (χ2n) is 3.06. The average Bonchev–Trinajstić information content (AvgIpc) is 2.28. The van der Waals surface area contributed by atoms with Gasteiger partial charge < -0.3 is 21.5 Å². The summed E-state index contributed by atoms with van der Waals surface area (Å²) in [5.74, 6) is 0.375. The van der Waals surface area contributed by atoms with Crippen LogP contribution in [0.15, 0.2) is 24.3 Å². The Kier molecular flexibility index (Phi) is 4.08. The van der Waals surface area contributed by atoms with Crippen LogP contribution in [0, 0.1) is 0 Å². The molecule has 0 saturated heterocycles. The molecule has 0 radical (unpaired) electrons. The van der Waals surface area contributed by atoms with E-state index in [1.165, 1.54) is 0 Å². The van der Waals surface area contributed by atoms with Crippen molar-refractivity contribution in [3.8, 4) is 5.75 Å². The molecular formula is C10H15N3O2. The molecule has 5 N–H and O–H groups in total. The number of ether oxygens (including phenoxy) is 1. The van der Waals surface area contributed by atoms with Gasteiger partial charge in [-0.15, -0.1) is 0 Å². The van der Waals surface area contributed by atoms with E-state index in [0.717, 1.165) is 0 Å². The second-order valence-corrected chi connectivity index (χ2v) is 3.06. The highest BCUT2D eigenvalue weighted by molar-refractivity contribution is 5.94. The van der Waals surface area contributed by atoms with Crippen LogP contribution in [0.25, 0.3) is 0 Å². The lowest BCUT2D eigenvalue weighted by Crippen LogP contribution is -2.41. The maximum Gasteiger partial charge on any atom is 0.242 e. The lowest BCUT2D eigenvalue weighted by atomic mass is 10.2. The Hall–Kier alpha value is -1.59. The normalized spacial score (nSPS) is 11.9. The molecule has 1 aromatic rings. The van der Waals surface area contributed by atoms with E-state index in [9.17, 15) is 4.79 Å². The van der Waals surface area contributed by atoms with Crippen molar-refractivity contribution in [2.75, 3.05) is 19.0 Å². The van der Waals surface area contributed by atoms with Gasteiger partial charge in [0.25, 0.3) is 0 Å². The van der Waals surface area contributed by atoms with Gasteiger partial charge in [0.1, 0.15) is 5.75 Å². The maximum atomic E-state index is 11.4. The minimum absolute atomic E-state index is 0.121. The number of nitrogens with one attached hydrogen (secondary N) is 1. The summed E-state index contributed by atoms with van der Waals surface area (Å²) in [5, 5.41) is 2.64. The number of methoxy groups -OCH3 is 1. The molecule has 0 saturated carbocycles. The minimum Gasteiger partial charge on any atom is -0.497 e. The molecule has 5 heteroatoms.